The molecule has 0 spiro atoms. The Balaban J connectivity index is 2.89. The Morgan fingerprint density at radius 1 is 1.20 bits per heavy atom. The summed E-state index contributed by atoms with van der Waals surface area (Å²) in [5.74, 6) is 0. The van der Waals surface area contributed by atoms with E-state index in [1.807, 2.05) is 0 Å². The Hall–Kier alpha value is -1.80. The molecule has 0 fully saturated rings. The minimum atomic E-state index is -4.63. The molecule has 0 saturated carbocycles. The molecule has 4 N–H and O–H groups in total. The van der Waals surface area contributed by atoms with Crippen LogP contribution in [0.5, 0.6) is 0 Å². The number of anilines is 1. The largest absolute Gasteiger partial charge is 0.744 e. The van der Waals surface area contributed by atoms with Crippen LogP contribution in [0, 0.1) is 0 Å². The number of benzene rings is 1. The van der Waals surface area contributed by atoms with Gasteiger partial charge in [0.2, 0.25) is 0 Å². The van der Waals surface area contributed by atoms with Gasteiger partial charge in [0.1, 0.15) is 10.1 Å². The number of aromatic amines is 2. The first-order valence-electron chi connectivity index (χ1n) is 3.85. The molecule has 8 heteroatoms. The van der Waals surface area contributed by atoms with Gasteiger partial charge in [0.05, 0.1) is 21.6 Å². The molecule has 7 nitrogen and oxygen atoms in total. The Kier molecular flexibility index (Phi) is 1.85. The highest BCUT2D eigenvalue weighted by atomic mass is 32.2. The molecule has 15 heavy (non-hydrogen) atoms. The van der Waals surface area contributed by atoms with E-state index in [9.17, 15) is 17.8 Å². The van der Waals surface area contributed by atoms with Crippen LogP contribution < -0.4 is 11.4 Å². The number of hydrogen-bond acceptors (Lipinski definition) is 5. The van der Waals surface area contributed by atoms with Crippen LogP contribution in [0.1, 0.15) is 0 Å². The van der Waals surface area contributed by atoms with Gasteiger partial charge in [-0.15, -0.1) is 0 Å². The van der Waals surface area contributed by atoms with Crippen LogP contribution in [0.4, 0.5) is 5.69 Å². The van der Waals surface area contributed by atoms with Crippen LogP contribution in [-0.4, -0.2) is 22.9 Å². The van der Waals surface area contributed by atoms with Crippen molar-refractivity contribution in [3.8, 4) is 0 Å². The number of aromatic nitrogens is 2. The summed E-state index contributed by atoms with van der Waals surface area (Å²) in [5.41, 5.74) is 5.26. The fourth-order valence-electron chi connectivity index (χ4n) is 1.30. The van der Waals surface area contributed by atoms with Crippen LogP contribution in [0.3, 0.4) is 0 Å². The van der Waals surface area contributed by atoms with Gasteiger partial charge >= 0.3 is 5.69 Å². The molecule has 0 saturated heterocycles. The number of hydrogen-bond donors (Lipinski definition) is 3. The minimum absolute atomic E-state index is 0.187. The van der Waals surface area contributed by atoms with Crippen LogP contribution >= 0.6 is 0 Å². The fraction of sp³-hybridized carbons (Fsp3) is 0. The molecule has 0 amide bonds. The minimum Gasteiger partial charge on any atom is -0.744 e. The van der Waals surface area contributed by atoms with E-state index in [4.69, 9.17) is 5.73 Å². The summed E-state index contributed by atoms with van der Waals surface area (Å²) < 4.78 is 32.3. The Morgan fingerprint density at radius 3 is 2.27 bits per heavy atom. The number of rotatable bonds is 1. The third kappa shape index (κ3) is 1.60. The molecule has 0 radical (unpaired) electrons. The predicted molar refractivity (Wildman–Crippen MR) is 51.3 cm³/mol. The van der Waals surface area contributed by atoms with Gasteiger partial charge in [-0.05, 0) is 12.1 Å². The average molecular weight is 228 g/mol. The van der Waals surface area contributed by atoms with Crippen molar-refractivity contribution in [2.75, 3.05) is 5.73 Å². The molecule has 0 unspecified atom stereocenters. The van der Waals surface area contributed by atoms with Crippen LogP contribution in [-0.2, 0) is 10.1 Å². The molecule has 0 aliphatic rings. The molecular weight excluding hydrogens is 222 g/mol. The highest BCUT2D eigenvalue weighted by molar-refractivity contribution is 7.86. The second-order valence-electron chi connectivity index (χ2n) is 2.97. The lowest BCUT2D eigenvalue weighted by atomic mass is 10.3. The Labute approximate surface area is 83.7 Å². The lowest BCUT2D eigenvalue weighted by Gasteiger charge is -2.09. The van der Waals surface area contributed by atoms with Gasteiger partial charge in [-0.2, -0.15) is 0 Å². The molecule has 80 valence electrons. The van der Waals surface area contributed by atoms with Crippen molar-refractivity contribution in [2.24, 2.45) is 0 Å². The van der Waals surface area contributed by atoms with Gasteiger partial charge in [-0.1, -0.05) is 0 Å². The number of nitrogens with one attached hydrogen (secondary N) is 2. The quantitative estimate of drug-likeness (QED) is 0.440. The SMILES string of the molecule is Nc1cc2[nH]c(=O)[nH]c2cc1S(=O)(=O)[O-]. The number of nitrogen functional groups attached to an aromatic ring is 1. The third-order valence-corrected chi connectivity index (χ3v) is 2.81. The number of fused-ring (bicyclic) bond motifs is 1. The molecule has 0 aliphatic heterocycles. The van der Waals surface area contributed by atoms with E-state index >= 15 is 0 Å². The summed E-state index contributed by atoms with van der Waals surface area (Å²) in [6, 6.07) is 2.25. The highest BCUT2D eigenvalue weighted by Crippen LogP contribution is 2.22. The second kappa shape index (κ2) is 2.84. The van der Waals surface area contributed by atoms with Gasteiger partial charge in [0, 0.05) is 0 Å². The zero-order chi connectivity index (χ0) is 11.2. The van der Waals surface area contributed by atoms with Crippen LogP contribution in [0.15, 0.2) is 21.8 Å². The summed E-state index contributed by atoms with van der Waals surface area (Å²) in [7, 11) is -4.63. The van der Waals surface area contributed by atoms with E-state index in [2.05, 4.69) is 9.97 Å². The molecule has 1 heterocycles. The van der Waals surface area contributed by atoms with Crippen molar-refractivity contribution < 1.29 is 13.0 Å². The van der Waals surface area contributed by atoms with Crippen LogP contribution in [0.2, 0.25) is 0 Å². The number of nitrogens with two attached hydrogens (primary N) is 1. The van der Waals surface area contributed by atoms with Crippen molar-refractivity contribution in [1.82, 2.24) is 9.97 Å². The first-order chi connectivity index (χ1) is 6.88. The summed E-state index contributed by atoms with van der Waals surface area (Å²) >= 11 is 0. The maximum absolute atomic E-state index is 10.9. The molecule has 0 atom stereocenters. The molecule has 0 aliphatic carbocycles. The van der Waals surface area contributed by atoms with E-state index in [0.717, 1.165) is 6.07 Å². The standard InChI is InChI=1S/C7H7N3O4S/c8-3-1-4-5(10-7(11)9-4)2-6(3)15(12,13)14/h1-2H,8H2,(H2,9,10,11)(H,12,13,14)/p-1. The zero-order valence-electron chi connectivity index (χ0n) is 7.27. The first kappa shape index (κ1) is 9.74. The van der Waals surface area contributed by atoms with Crippen molar-refractivity contribution in [1.29, 1.82) is 0 Å². The molecule has 2 rings (SSSR count). The van der Waals surface area contributed by atoms with Crippen molar-refractivity contribution >= 4 is 26.8 Å². The lowest BCUT2D eigenvalue weighted by Crippen LogP contribution is -2.03. The summed E-state index contributed by atoms with van der Waals surface area (Å²) in [5, 5.41) is 0. The third-order valence-electron chi connectivity index (χ3n) is 1.92. The smallest absolute Gasteiger partial charge is 0.323 e. The zero-order valence-corrected chi connectivity index (χ0v) is 8.09. The summed E-state index contributed by atoms with van der Waals surface area (Å²) in [6.07, 6.45) is 0. The van der Waals surface area contributed by atoms with Crippen LogP contribution in [0.25, 0.3) is 11.0 Å². The summed E-state index contributed by atoms with van der Waals surface area (Å²) in [6.45, 7) is 0. The monoisotopic (exact) mass is 228 g/mol. The van der Waals surface area contributed by atoms with Gasteiger partial charge < -0.3 is 20.3 Å². The number of H-pyrrole nitrogens is 2. The van der Waals surface area contributed by atoms with E-state index < -0.39 is 20.7 Å². The second-order valence-corrected chi connectivity index (χ2v) is 4.32. The number of imidazole rings is 1. The van der Waals surface area contributed by atoms with Crippen molar-refractivity contribution in [3.05, 3.63) is 22.6 Å². The molecular formula is C7H6N3O4S-. The summed E-state index contributed by atoms with van der Waals surface area (Å²) in [4.78, 5) is 15.1. The van der Waals surface area contributed by atoms with E-state index in [0.29, 0.717) is 5.52 Å². The van der Waals surface area contributed by atoms with E-state index in [1.54, 1.807) is 0 Å². The predicted octanol–water partition coefficient (Wildman–Crippen LogP) is -0.658. The first-order valence-corrected chi connectivity index (χ1v) is 5.26. The van der Waals surface area contributed by atoms with E-state index in [-0.39, 0.29) is 11.2 Å². The maximum Gasteiger partial charge on any atom is 0.323 e. The molecule has 1 aromatic carbocycles. The highest BCUT2D eigenvalue weighted by Gasteiger charge is 2.09. The topological polar surface area (TPSA) is 132 Å². The average Bonchev–Trinajstić information content (AvgIpc) is 2.40. The Morgan fingerprint density at radius 2 is 1.73 bits per heavy atom. The maximum atomic E-state index is 10.9. The fourth-order valence-corrected chi connectivity index (χ4v) is 1.91. The molecule has 0 bridgehead atoms. The molecule has 2 aromatic rings. The normalized spacial score (nSPS) is 12.1. The van der Waals surface area contributed by atoms with Gasteiger partial charge in [0.15, 0.2) is 0 Å². The Bertz CT molecular complexity index is 682. The van der Waals surface area contributed by atoms with Gasteiger partial charge in [0.25, 0.3) is 0 Å². The van der Waals surface area contributed by atoms with Gasteiger partial charge in [-0.3, -0.25) is 0 Å². The van der Waals surface area contributed by atoms with Crippen molar-refractivity contribution in [3.63, 3.8) is 0 Å². The van der Waals surface area contributed by atoms with Gasteiger partial charge in [-0.25, -0.2) is 13.2 Å². The van der Waals surface area contributed by atoms with E-state index in [1.165, 1.54) is 6.07 Å². The van der Waals surface area contributed by atoms with Crippen molar-refractivity contribution in [2.45, 2.75) is 4.90 Å². The lowest BCUT2D eigenvalue weighted by molar-refractivity contribution is 0.463. The molecule has 1 aromatic heterocycles.